The second-order valence-corrected chi connectivity index (χ2v) is 7.98. The number of carbonyl (C=O) groups excluding carboxylic acids is 1. The lowest BCUT2D eigenvalue weighted by atomic mass is 10.1. The summed E-state index contributed by atoms with van der Waals surface area (Å²) in [5.41, 5.74) is 2.62. The third kappa shape index (κ3) is 4.81. The quantitative estimate of drug-likeness (QED) is 0.555. The number of amidine groups is 1. The molecule has 6 heteroatoms. The Hall–Kier alpha value is -3.51. The molecule has 0 bridgehead atoms. The van der Waals surface area contributed by atoms with Gasteiger partial charge in [0.2, 0.25) is 0 Å². The number of amides is 1. The van der Waals surface area contributed by atoms with Gasteiger partial charge in [-0.2, -0.15) is 0 Å². The SMILES string of the molecule is COc1cccc(/C=C2\SC(=NCc3ccccc3)N(Cc3ccccc3)C2=O)c1O. The molecule has 1 amide bonds. The average Bonchev–Trinajstić information content (AvgIpc) is 3.09. The molecule has 1 fully saturated rings. The van der Waals surface area contributed by atoms with Crippen LogP contribution in [0.2, 0.25) is 0 Å². The molecule has 1 aliphatic rings. The highest BCUT2D eigenvalue weighted by Gasteiger charge is 2.33. The van der Waals surface area contributed by atoms with E-state index in [1.807, 2.05) is 60.7 Å². The van der Waals surface area contributed by atoms with Crippen LogP contribution in [0.1, 0.15) is 16.7 Å². The maximum atomic E-state index is 13.2. The monoisotopic (exact) mass is 430 g/mol. The minimum absolute atomic E-state index is 0.00943. The highest BCUT2D eigenvalue weighted by atomic mass is 32.2. The summed E-state index contributed by atoms with van der Waals surface area (Å²) in [5, 5.41) is 11.1. The zero-order chi connectivity index (χ0) is 21.6. The van der Waals surface area contributed by atoms with Gasteiger partial charge in [-0.1, -0.05) is 72.8 Å². The highest BCUT2D eigenvalue weighted by molar-refractivity contribution is 8.18. The number of carbonyl (C=O) groups is 1. The largest absolute Gasteiger partial charge is 0.504 e. The first-order chi connectivity index (χ1) is 15.2. The Labute approximate surface area is 185 Å². The number of nitrogens with zero attached hydrogens (tertiary/aromatic N) is 2. The van der Waals surface area contributed by atoms with Gasteiger partial charge in [-0.25, -0.2) is 0 Å². The lowest BCUT2D eigenvalue weighted by Gasteiger charge is -2.15. The number of aromatic hydroxyl groups is 1. The van der Waals surface area contributed by atoms with Crippen molar-refractivity contribution < 1.29 is 14.6 Å². The summed E-state index contributed by atoms with van der Waals surface area (Å²) in [5.74, 6) is 0.238. The molecule has 0 aliphatic carbocycles. The molecular weight excluding hydrogens is 408 g/mol. The minimum Gasteiger partial charge on any atom is -0.504 e. The Morgan fingerprint density at radius 2 is 1.65 bits per heavy atom. The van der Waals surface area contributed by atoms with E-state index in [2.05, 4.69) is 0 Å². The fraction of sp³-hybridized carbons (Fsp3) is 0.120. The van der Waals surface area contributed by atoms with Gasteiger partial charge in [0.15, 0.2) is 16.7 Å². The maximum absolute atomic E-state index is 13.2. The van der Waals surface area contributed by atoms with Crippen molar-refractivity contribution in [1.29, 1.82) is 0 Å². The van der Waals surface area contributed by atoms with Crippen LogP contribution >= 0.6 is 11.8 Å². The lowest BCUT2D eigenvalue weighted by Crippen LogP contribution is -2.28. The van der Waals surface area contributed by atoms with Crippen molar-refractivity contribution in [3.05, 3.63) is 100 Å². The fourth-order valence-electron chi connectivity index (χ4n) is 3.24. The van der Waals surface area contributed by atoms with Crippen molar-refractivity contribution >= 4 is 28.9 Å². The van der Waals surface area contributed by atoms with E-state index < -0.39 is 0 Å². The number of hydrogen-bond donors (Lipinski definition) is 1. The Balaban J connectivity index is 1.66. The van der Waals surface area contributed by atoms with E-state index in [9.17, 15) is 9.90 Å². The number of thioether (sulfide) groups is 1. The summed E-state index contributed by atoms with van der Waals surface area (Å²) in [4.78, 5) is 20.2. The maximum Gasteiger partial charge on any atom is 0.267 e. The van der Waals surface area contributed by atoms with Crippen LogP contribution in [-0.4, -0.2) is 28.2 Å². The van der Waals surface area contributed by atoms with Crippen molar-refractivity contribution in [2.45, 2.75) is 13.1 Å². The Kier molecular flexibility index (Phi) is 6.38. The topological polar surface area (TPSA) is 62.1 Å². The molecule has 156 valence electrons. The van der Waals surface area contributed by atoms with Crippen molar-refractivity contribution in [3.63, 3.8) is 0 Å². The summed E-state index contributed by atoms with van der Waals surface area (Å²) >= 11 is 1.32. The number of benzene rings is 3. The number of phenols is 1. The number of phenolic OH excluding ortho intramolecular Hbond substituents is 1. The van der Waals surface area contributed by atoms with Gasteiger partial charge in [-0.3, -0.25) is 14.7 Å². The third-order valence-electron chi connectivity index (χ3n) is 4.85. The molecular formula is C25H22N2O3S. The van der Waals surface area contributed by atoms with Gasteiger partial charge in [0.1, 0.15) is 0 Å². The molecule has 0 saturated carbocycles. The summed E-state index contributed by atoms with van der Waals surface area (Å²) < 4.78 is 5.18. The van der Waals surface area contributed by atoms with Gasteiger partial charge in [-0.05, 0) is 35.0 Å². The third-order valence-corrected chi connectivity index (χ3v) is 5.89. The van der Waals surface area contributed by atoms with Crippen LogP contribution in [0.3, 0.4) is 0 Å². The van der Waals surface area contributed by atoms with E-state index in [1.165, 1.54) is 18.9 Å². The van der Waals surface area contributed by atoms with E-state index in [-0.39, 0.29) is 11.7 Å². The summed E-state index contributed by atoms with van der Waals surface area (Å²) in [7, 11) is 1.50. The Morgan fingerprint density at radius 3 is 2.32 bits per heavy atom. The van der Waals surface area contributed by atoms with Gasteiger partial charge >= 0.3 is 0 Å². The zero-order valence-corrected chi connectivity index (χ0v) is 17.9. The van der Waals surface area contributed by atoms with Crippen LogP contribution in [0.5, 0.6) is 11.5 Å². The van der Waals surface area contributed by atoms with Crippen LogP contribution in [0.4, 0.5) is 0 Å². The van der Waals surface area contributed by atoms with E-state index in [0.29, 0.717) is 34.5 Å². The Morgan fingerprint density at radius 1 is 0.968 bits per heavy atom. The molecule has 0 spiro atoms. The van der Waals surface area contributed by atoms with Crippen molar-refractivity contribution in [2.24, 2.45) is 4.99 Å². The molecule has 3 aromatic carbocycles. The first-order valence-electron chi connectivity index (χ1n) is 9.85. The van der Waals surface area contributed by atoms with Crippen LogP contribution in [0.15, 0.2) is 88.8 Å². The number of hydrogen-bond acceptors (Lipinski definition) is 5. The molecule has 0 unspecified atom stereocenters. The second kappa shape index (κ2) is 9.53. The van der Waals surface area contributed by atoms with E-state index >= 15 is 0 Å². The Bertz CT molecular complexity index is 1130. The van der Waals surface area contributed by atoms with Gasteiger partial charge < -0.3 is 9.84 Å². The molecule has 1 N–H and O–H groups in total. The number of methoxy groups -OCH3 is 1. The number of aliphatic imine (C=N–C) groups is 1. The molecule has 0 radical (unpaired) electrons. The number of rotatable bonds is 6. The second-order valence-electron chi connectivity index (χ2n) is 6.97. The normalized spacial score (nSPS) is 16.3. The van der Waals surface area contributed by atoms with Gasteiger partial charge in [0.05, 0.1) is 25.1 Å². The van der Waals surface area contributed by atoms with Crippen LogP contribution in [0, 0.1) is 0 Å². The molecule has 0 atom stereocenters. The van der Waals surface area contributed by atoms with E-state index in [4.69, 9.17) is 9.73 Å². The van der Waals surface area contributed by atoms with Crippen molar-refractivity contribution in [3.8, 4) is 11.5 Å². The first kappa shape index (κ1) is 20.8. The first-order valence-corrected chi connectivity index (χ1v) is 10.7. The smallest absolute Gasteiger partial charge is 0.267 e. The lowest BCUT2D eigenvalue weighted by molar-refractivity contribution is -0.122. The summed E-state index contributed by atoms with van der Waals surface area (Å²) in [6, 6.07) is 25.0. The van der Waals surface area contributed by atoms with Gasteiger partial charge in [-0.15, -0.1) is 0 Å². The molecule has 1 heterocycles. The molecule has 5 nitrogen and oxygen atoms in total. The van der Waals surface area contributed by atoms with Crippen molar-refractivity contribution in [1.82, 2.24) is 4.90 Å². The number of ether oxygens (including phenoxy) is 1. The molecule has 3 aromatic rings. The van der Waals surface area contributed by atoms with Crippen LogP contribution in [0.25, 0.3) is 6.08 Å². The highest BCUT2D eigenvalue weighted by Crippen LogP contribution is 2.37. The molecule has 0 aromatic heterocycles. The van der Waals surface area contributed by atoms with E-state index in [1.54, 1.807) is 29.2 Å². The fourth-order valence-corrected chi connectivity index (χ4v) is 4.20. The minimum atomic E-state index is -0.136. The predicted molar refractivity (Wildman–Crippen MR) is 125 cm³/mol. The molecule has 31 heavy (non-hydrogen) atoms. The molecule has 4 rings (SSSR count). The van der Waals surface area contributed by atoms with Gasteiger partial charge in [0.25, 0.3) is 5.91 Å². The molecule has 1 aliphatic heterocycles. The zero-order valence-electron chi connectivity index (χ0n) is 17.1. The van der Waals surface area contributed by atoms with E-state index in [0.717, 1.165) is 11.1 Å². The standard InChI is InChI=1S/C25H22N2O3S/c1-30-21-14-8-13-20(23(21)28)15-22-24(29)27(17-19-11-6-3-7-12-19)25(31-22)26-16-18-9-4-2-5-10-18/h2-15,28H,16-17H2,1H3/b22-15-,26-25?. The summed E-state index contributed by atoms with van der Waals surface area (Å²) in [6.07, 6.45) is 1.69. The van der Waals surface area contributed by atoms with Crippen LogP contribution < -0.4 is 4.74 Å². The number of para-hydroxylation sites is 1. The predicted octanol–water partition coefficient (Wildman–Crippen LogP) is 5.07. The summed E-state index contributed by atoms with van der Waals surface area (Å²) in [6.45, 7) is 0.918. The molecule has 1 saturated heterocycles. The average molecular weight is 431 g/mol. The van der Waals surface area contributed by atoms with Gasteiger partial charge in [0, 0.05) is 5.56 Å². The van der Waals surface area contributed by atoms with Crippen LogP contribution in [-0.2, 0) is 17.9 Å². The van der Waals surface area contributed by atoms with Crippen molar-refractivity contribution in [2.75, 3.05) is 7.11 Å².